The van der Waals surface area contributed by atoms with Crippen molar-refractivity contribution in [3.8, 4) is 0 Å². The molecule has 0 saturated carbocycles. The Morgan fingerprint density at radius 1 is 0.714 bits per heavy atom. The number of hydrogen-bond acceptors (Lipinski definition) is 3. The van der Waals surface area contributed by atoms with Gasteiger partial charge in [0.05, 0.1) is 12.3 Å². The van der Waals surface area contributed by atoms with Gasteiger partial charge in [0.1, 0.15) is 0 Å². The van der Waals surface area contributed by atoms with Crippen molar-refractivity contribution in [1.82, 2.24) is 9.91 Å². The largest absolute Gasteiger partial charge is 0.294 e. The summed E-state index contributed by atoms with van der Waals surface area (Å²) in [5, 5.41) is 6.86. The first kappa shape index (κ1) is 18.9. The molecule has 0 radical (unpaired) electrons. The molecule has 1 saturated heterocycles. The first-order chi connectivity index (χ1) is 13.8. The van der Waals surface area contributed by atoms with Gasteiger partial charge in [-0.05, 0) is 28.8 Å². The zero-order valence-corrected chi connectivity index (χ0v) is 17.4. The Hall–Kier alpha value is -2.43. The van der Waals surface area contributed by atoms with Crippen LogP contribution in [-0.2, 0) is 0 Å². The second-order valence-corrected chi connectivity index (χ2v) is 7.93. The summed E-state index contributed by atoms with van der Waals surface area (Å²) in [7, 11) is 0. The van der Waals surface area contributed by atoms with Crippen molar-refractivity contribution < 1.29 is 0 Å². The summed E-state index contributed by atoms with van der Waals surface area (Å²) in [6, 6.07) is 30.1. The Kier molecular flexibility index (Phi) is 6.20. The smallest absolute Gasteiger partial charge is 0.0603 e. The van der Waals surface area contributed by atoms with Crippen molar-refractivity contribution in [2.75, 3.05) is 26.2 Å². The van der Waals surface area contributed by atoms with Gasteiger partial charge in [-0.15, -0.1) is 0 Å². The van der Waals surface area contributed by atoms with E-state index in [0.29, 0.717) is 6.04 Å². The zero-order valence-electron chi connectivity index (χ0n) is 15.8. The molecule has 3 aromatic rings. The van der Waals surface area contributed by atoms with E-state index in [4.69, 9.17) is 0 Å². The number of rotatable bonds is 5. The SMILES string of the molecule is Brc1ccc(/C=N/N2CCN(C(c3ccccc3)c3ccccc3)CC2)cc1. The van der Waals surface area contributed by atoms with Crippen molar-refractivity contribution in [1.29, 1.82) is 0 Å². The minimum atomic E-state index is 0.292. The van der Waals surface area contributed by atoms with Crippen molar-refractivity contribution in [3.63, 3.8) is 0 Å². The van der Waals surface area contributed by atoms with Crippen LogP contribution in [0.2, 0.25) is 0 Å². The van der Waals surface area contributed by atoms with E-state index in [1.54, 1.807) is 0 Å². The van der Waals surface area contributed by atoms with Crippen LogP contribution in [0.1, 0.15) is 22.7 Å². The van der Waals surface area contributed by atoms with Gasteiger partial charge in [-0.3, -0.25) is 9.91 Å². The fourth-order valence-corrected chi connectivity index (χ4v) is 3.93. The first-order valence-corrected chi connectivity index (χ1v) is 10.5. The lowest BCUT2D eigenvalue weighted by Crippen LogP contribution is -2.45. The highest BCUT2D eigenvalue weighted by molar-refractivity contribution is 9.10. The van der Waals surface area contributed by atoms with E-state index in [9.17, 15) is 0 Å². The molecule has 0 amide bonds. The fraction of sp³-hybridized carbons (Fsp3) is 0.208. The Morgan fingerprint density at radius 2 is 1.25 bits per heavy atom. The number of nitrogens with zero attached hydrogens (tertiary/aromatic N) is 3. The minimum Gasteiger partial charge on any atom is -0.294 e. The second kappa shape index (κ2) is 9.18. The summed E-state index contributed by atoms with van der Waals surface area (Å²) in [6.07, 6.45) is 1.95. The van der Waals surface area contributed by atoms with E-state index in [1.807, 2.05) is 18.3 Å². The van der Waals surface area contributed by atoms with E-state index in [0.717, 1.165) is 36.2 Å². The second-order valence-electron chi connectivity index (χ2n) is 7.01. The maximum Gasteiger partial charge on any atom is 0.0603 e. The third-order valence-corrected chi connectivity index (χ3v) is 5.66. The molecule has 1 aliphatic rings. The molecule has 3 nitrogen and oxygen atoms in total. The van der Waals surface area contributed by atoms with Gasteiger partial charge < -0.3 is 0 Å². The molecular formula is C24H24BrN3. The van der Waals surface area contributed by atoms with E-state index >= 15 is 0 Å². The monoisotopic (exact) mass is 433 g/mol. The van der Waals surface area contributed by atoms with Crippen LogP contribution in [0.5, 0.6) is 0 Å². The van der Waals surface area contributed by atoms with Crippen LogP contribution in [0.25, 0.3) is 0 Å². The van der Waals surface area contributed by atoms with Crippen LogP contribution < -0.4 is 0 Å². The van der Waals surface area contributed by atoms with E-state index in [1.165, 1.54) is 11.1 Å². The van der Waals surface area contributed by atoms with Crippen LogP contribution in [-0.4, -0.2) is 42.3 Å². The summed E-state index contributed by atoms with van der Waals surface area (Å²) in [6.45, 7) is 3.85. The number of halogens is 1. The molecule has 0 atom stereocenters. The predicted octanol–water partition coefficient (Wildman–Crippen LogP) is 5.19. The average Bonchev–Trinajstić information content (AvgIpc) is 2.76. The van der Waals surface area contributed by atoms with Crippen LogP contribution in [0, 0.1) is 0 Å². The normalized spacial score (nSPS) is 15.4. The van der Waals surface area contributed by atoms with Crippen LogP contribution in [0.15, 0.2) is 94.5 Å². The van der Waals surface area contributed by atoms with Crippen molar-refractivity contribution in [2.45, 2.75) is 6.04 Å². The van der Waals surface area contributed by atoms with Gasteiger partial charge in [-0.2, -0.15) is 5.10 Å². The zero-order chi connectivity index (χ0) is 19.2. The van der Waals surface area contributed by atoms with Crippen molar-refractivity contribution in [2.24, 2.45) is 5.10 Å². The highest BCUT2D eigenvalue weighted by atomic mass is 79.9. The van der Waals surface area contributed by atoms with Crippen LogP contribution in [0.3, 0.4) is 0 Å². The molecule has 142 valence electrons. The Bertz CT molecular complexity index is 847. The third-order valence-electron chi connectivity index (χ3n) is 5.13. The van der Waals surface area contributed by atoms with Gasteiger partial charge in [0.25, 0.3) is 0 Å². The van der Waals surface area contributed by atoms with Gasteiger partial charge in [0.15, 0.2) is 0 Å². The Balaban J connectivity index is 1.45. The number of benzene rings is 3. The molecule has 0 N–H and O–H groups in total. The molecule has 0 bridgehead atoms. The van der Waals surface area contributed by atoms with E-state index < -0.39 is 0 Å². The maximum atomic E-state index is 4.69. The van der Waals surface area contributed by atoms with Crippen molar-refractivity contribution >= 4 is 22.1 Å². The van der Waals surface area contributed by atoms with Crippen LogP contribution >= 0.6 is 15.9 Å². The number of hydrogen-bond donors (Lipinski definition) is 0. The first-order valence-electron chi connectivity index (χ1n) is 9.68. The summed E-state index contributed by atoms with van der Waals surface area (Å²) in [5.41, 5.74) is 3.82. The molecule has 0 aliphatic carbocycles. The highest BCUT2D eigenvalue weighted by Crippen LogP contribution is 2.29. The molecule has 28 heavy (non-hydrogen) atoms. The van der Waals surface area contributed by atoms with Gasteiger partial charge in [-0.1, -0.05) is 88.7 Å². The fourth-order valence-electron chi connectivity index (χ4n) is 3.67. The topological polar surface area (TPSA) is 18.8 Å². The highest BCUT2D eigenvalue weighted by Gasteiger charge is 2.25. The summed E-state index contributed by atoms with van der Waals surface area (Å²) in [4.78, 5) is 2.57. The third kappa shape index (κ3) is 4.70. The lowest BCUT2D eigenvalue weighted by molar-refractivity contribution is 0.113. The maximum absolute atomic E-state index is 4.69. The van der Waals surface area contributed by atoms with Crippen LogP contribution in [0.4, 0.5) is 0 Å². The average molecular weight is 434 g/mol. The van der Waals surface area contributed by atoms with Gasteiger partial charge in [0, 0.05) is 30.7 Å². The summed E-state index contributed by atoms with van der Waals surface area (Å²) < 4.78 is 1.09. The molecule has 0 spiro atoms. The van der Waals surface area contributed by atoms with Crippen molar-refractivity contribution in [3.05, 3.63) is 106 Å². The standard InChI is InChI=1S/C24H24BrN3/c25-23-13-11-20(12-14-23)19-26-28-17-15-27(16-18-28)24(21-7-3-1-4-8-21)22-9-5-2-6-10-22/h1-14,19,24H,15-18H2/b26-19+. The molecule has 4 heteroatoms. The molecular weight excluding hydrogens is 410 g/mol. The molecule has 1 aliphatic heterocycles. The molecule has 1 fully saturated rings. The lowest BCUT2D eigenvalue weighted by atomic mass is 9.96. The predicted molar refractivity (Wildman–Crippen MR) is 120 cm³/mol. The Labute approximate surface area is 175 Å². The molecule has 1 heterocycles. The quantitative estimate of drug-likeness (QED) is 0.515. The molecule has 3 aromatic carbocycles. The summed E-state index contributed by atoms with van der Waals surface area (Å²) >= 11 is 3.47. The minimum absolute atomic E-state index is 0.292. The van der Waals surface area contributed by atoms with E-state index in [-0.39, 0.29) is 0 Å². The van der Waals surface area contributed by atoms with E-state index in [2.05, 4.69) is 104 Å². The number of hydrazone groups is 1. The van der Waals surface area contributed by atoms with Gasteiger partial charge in [-0.25, -0.2) is 0 Å². The van der Waals surface area contributed by atoms with Gasteiger partial charge in [0.2, 0.25) is 0 Å². The molecule has 4 rings (SSSR count). The molecule has 0 aromatic heterocycles. The lowest BCUT2D eigenvalue weighted by Gasteiger charge is -2.38. The number of piperazine rings is 1. The Morgan fingerprint density at radius 3 is 1.79 bits per heavy atom. The van der Waals surface area contributed by atoms with Gasteiger partial charge >= 0.3 is 0 Å². The summed E-state index contributed by atoms with van der Waals surface area (Å²) in [5.74, 6) is 0. The molecule has 0 unspecified atom stereocenters.